The Morgan fingerprint density at radius 2 is 1.70 bits per heavy atom. The topological polar surface area (TPSA) is 86.8 Å². The lowest BCUT2D eigenvalue weighted by Gasteiger charge is -2.32. The largest absolute Gasteiger partial charge is 0.352 e. The van der Waals surface area contributed by atoms with Gasteiger partial charge in [0.1, 0.15) is 12.6 Å². The Balaban J connectivity index is 1.66. The van der Waals surface area contributed by atoms with Crippen molar-refractivity contribution in [2.75, 3.05) is 17.1 Å². The number of amides is 2. The summed E-state index contributed by atoms with van der Waals surface area (Å²) in [6, 6.07) is 19.7. The molecule has 1 aliphatic carbocycles. The molecule has 0 spiro atoms. The van der Waals surface area contributed by atoms with Crippen molar-refractivity contribution in [1.82, 2.24) is 10.2 Å². The summed E-state index contributed by atoms with van der Waals surface area (Å²) in [5.74, 6) is -0.682. The molecule has 0 aliphatic heterocycles. The maximum absolute atomic E-state index is 13.8. The van der Waals surface area contributed by atoms with Gasteiger partial charge in [-0.3, -0.25) is 13.9 Å². The SMILES string of the molecule is C[C@@H](C(=O)NC1CCCC1)N(Cc1cccc(Br)c1)C(=O)CN(c1cccc2ccccc12)S(C)(=O)=O. The van der Waals surface area contributed by atoms with E-state index in [1.54, 1.807) is 19.1 Å². The van der Waals surface area contributed by atoms with Crippen LogP contribution in [0.2, 0.25) is 0 Å². The first-order chi connectivity index (χ1) is 17.6. The van der Waals surface area contributed by atoms with Crippen LogP contribution in [0.3, 0.4) is 0 Å². The van der Waals surface area contributed by atoms with Crippen LogP contribution in [-0.2, 0) is 26.2 Å². The van der Waals surface area contributed by atoms with Crippen molar-refractivity contribution >= 4 is 54.2 Å². The average molecular weight is 587 g/mol. The number of carbonyl (C=O) groups is 2. The molecule has 2 amide bonds. The van der Waals surface area contributed by atoms with Gasteiger partial charge in [-0.25, -0.2) is 8.42 Å². The quantitative estimate of drug-likeness (QED) is 0.389. The fourth-order valence-corrected chi connectivity index (χ4v) is 6.14. The molecule has 1 atom stereocenters. The van der Waals surface area contributed by atoms with Crippen molar-refractivity contribution in [3.8, 4) is 0 Å². The molecule has 7 nitrogen and oxygen atoms in total. The normalized spacial score (nSPS) is 14.9. The smallest absolute Gasteiger partial charge is 0.244 e. The van der Waals surface area contributed by atoms with Crippen molar-refractivity contribution in [2.24, 2.45) is 0 Å². The van der Waals surface area contributed by atoms with Crippen LogP contribution in [0.1, 0.15) is 38.2 Å². The highest BCUT2D eigenvalue weighted by atomic mass is 79.9. The van der Waals surface area contributed by atoms with Crippen LogP contribution < -0.4 is 9.62 Å². The minimum Gasteiger partial charge on any atom is -0.352 e. The van der Waals surface area contributed by atoms with Crippen LogP contribution in [0.15, 0.2) is 71.2 Å². The molecule has 3 aromatic carbocycles. The van der Waals surface area contributed by atoms with E-state index in [4.69, 9.17) is 0 Å². The Morgan fingerprint density at radius 3 is 2.41 bits per heavy atom. The van der Waals surface area contributed by atoms with Crippen molar-refractivity contribution in [3.05, 3.63) is 76.8 Å². The molecule has 9 heteroatoms. The highest BCUT2D eigenvalue weighted by molar-refractivity contribution is 9.10. The fourth-order valence-electron chi connectivity index (χ4n) is 4.83. The second-order valence-electron chi connectivity index (χ2n) is 9.59. The predicted octanol–water partition coefficient (Wildman–Crippen LogP) is 4.84. The summed E-state index contributed by atoms with van der Waals surface area (Å²) in [6.45, 7) is 1.45. The molecule has 0 saturated heterocycles. The molecule has 0 radical (unpaired) electrons. The highest BCUT2D eigenvalue weighted by Crippen LogP contribution is 2.29. The summed E-state index contributed by atoms with van der Waals surface area (Å²) >= 11 is 3.46. The lowest BCUT2D eigenvalue weighted by Crippen LogP contribution is -2.52. The molecular formula is C28H32BrN3O4S. The first-order valence-corrected chi connectivity index (χ1v) is 15.1. The van der Waals surface area contributed by atoms with Crippen molar-refractivity contribution < 1.29 is 18.0 Å². The van der Waals surface area contributed by atoms with Crippen molar-refractivity contribution in [1.29, 1.82) is 0 Å². The lowest BCUT2D eigenvalue weighted by atomic mass is 10.1. The van der Waals surface area contributed by atoms with Crippen LogP contribution in [0.25, 0.3) is 10.8 Å². The van der Waals surface area contributed by atoms with Gasteiger partial charge >= 0.3 is 0 Å². The molecule has 4 rings (SSSR count). The summed E-state index contributed by atoms with van der Waals surface area (Å²) in [7, 11) is -3.80. The maximum atomic E-state index is 13.8. The van der Waals surface area contributed by atoms with Gasteiger partial charge in [-0.15, -0.1) is 0 Å². The zero-order valence-corrected chi connectivity index (χ0v) is 23.5. The van der Waals surface area contributed by atoms with Gasteiger partial charge in [0.15, 0.2) is 0 Å². The number of nitrogens with one attached hydrogen (secondary N) is 1. The van der Waals surface area contributed by atoms with Gasteiger partial charge in [0.2, 0.25) is 21.8 Å². The van der Waals surface area contributed by atoms with E-state index in [0.717, 1.165) is 57.1 Å². The Bertz CT molecular complexity index is 1380. The van der Waals surface area contributed by atoms with Crippen LogP contribution >= 0.6 is 15.9 Å². The van der Waals surface area contributed by atoms with E-state index in [1.165, 1.54) is 4.90 Å². The molecule has 3 aromatic rings. The Kier molecular flexibility index (Phi) is 8.54. The number of benzene rings is 3. The number of sulfonamides is 1. The molecule has 0 aromatic heterocycles. The molecule has 1 aliphatic rings. The third-order valence-electron chi connectivity index (χ3n) is 6.83. The average Bonchev–Trinajstić information content (AvgIpc) is 3.37. The maximum Gasteiger partial charge on any atom is 0.244 e. The van der Waals surface area contributed by atoms with E-state index < -0.39 is 28.5 Å². The van der Waals surface area contributed by atoms with E-state index in [1.807, 2.05) is 54.6 Å². The zero-order valence-electron chi connectivity index (χ0n) is 21.1. The van der Waals surface area contributed by atoms with Crippen molar-refractivity contribution in [2.45, 2.75) is 51.2 Å². The Labute approximate surface area is 227 Å². The number of nitrogens with zero attached hydrogens (tertiary/aromatic N) is 2. The summed E-state index contributed by atoms with van der Waals surface area (Å²) in [5, 5.41) is 4.68. The minimum absolute atomic E-state index is 0.112. The predicted molar refractivity (Wildman–Crippen MR) is 151 cm³/mol. The molecular weight excluding hydrogens is 554 g/mol. The van der Waals surface area contributed by atoms with E-state index in [9.17, 15) is 18.0 Å². The summed E-state index contributed by atoms with van der Waals surface area (Å²) in [6.07, 6.45) is 5.11. The van der Waals surface area contributed by atoms with E-state index >= 15 is 0 Å². The first-order valence-electron chi connectivity index (χ1n) is 12.4. The van der Waals surface area contributed by atoms with Gasteiger partial charge in [0.05, 0.1) is 11.9 Å². The molecule has 0 heterocycles. The number of fused-ring (bicyclic) bond motifs is 1. The fraction of sp³-hybridized carbons (Fsp3) is 0.357. The molecule has 196 valence electrons. The summed E-state index contributed by atoms with van der Waals surface area (Å²) < 4.78 is 27.9. The number of halogens is 1. The molecule has 1 saturated carbocycles. The molecule has 1 fully saturated rings. The third-order valence-corrected chi connectivity index (χ3v) is 8.45. The van der Waals surface area contributed by atoms with Crippen LogP contribution in [0, 0.1) is 0 Å². The van der Waals surface area contributed by atoms with Crippen LogP contribution in [-0.4, -0.2) is 50.0 Å². The zero-order chi connectivity index (χ0) is 26.6. The van der Waals surface area contributed by atoms with Crippen molar-refractivity contribution in [3.63, 3.8) is 0 Å². The Hall–Kier alpha value is -2.91. The number of rotatable bonds is 9. The minimum atomic E-state index is -3.80. The van der Waals surface area contributed by atoms with E-state index in [2.05, 4.69) is 21.2 Å². The molecule has 1 N–H and O–H groups in total. The van der Waals surface area contributed by atoms with Gasteiger partial charge in [-0.2, -0.15) is 0 Å². The Morgan fingerprint density at radius 1 is 1.03 bits per heavy atom. The van der Waals surface area contributed by atoms with E-state index in [0.29, 0.717) is 5.69 Å². The second-order valence-corrected chi connectivity index (χ2v) is 12.4. The number of hydrogen-bond acceptors (Lipinski definition) is 4. The van der Waals surface area contributed by atoms with E-state index in [-0.39, 0.29) is 18.5 Å². The molecule has 37 heavy (non-hydrogen) atoms. The van der Waals surface area contributed by atoms with Gasteiger partial charge in [-0.05, 0) is 48.9 Å². The van der Waals surface area contributed by atoms with Gasteiger partial charge < -0.3 is 10.2 Å². The lowest BCUT2D eigenvalue weighted by molar-refractivity contribution is -0.139. The van der Waals surface area contributed by atoms with Crippen LogP contribution in [0.5, 0.6) is 0 Å². The third kappa shape index (κ3) is 6.70. The summed E-state index contributed by atoms with van der Waals surface area (Å²) in [4.78, 5) is 28.5. The first kappa shape index (κ1) is 27.1. The van der Waals surface area contributed by atoms with Gasteiger partial charge in [0.25, 0.3) is 0 Å². The highest BCUT2D eigenvalue weighted by Gasteiger charge is 2.31. The van der Waals surface area contributed by atoms with Gasteiger partial charge in [-0.1, -0.05) is 77.3 Å². The molecule has 0 unspecified atom stereocenters. The monoisotopic (exact) mass is 585 g/mol. The summed E-state index contributed by atoms with van der Waals surface area (Å²) in [5.41, 5.74) is 1.26. The molecule has 0 bridgehead atoms. The number of anilines is 1. The second kappa shape index (κ2) is 11.6. The number of carbonyl (C=O) groups excluding carboxylic acids is 2. The number of hydrogen-bond donors (Lipinski definition) is 1. The van der Waals surface area contributed by atoms with Crippen LogP contribution in [0.4, 0.5) is 5.69 Å². The standard InChI is InChI=1S/C28H32BrN3O4S/c1-20(28(34)30-24-13-4-5-14-24)31(18-21-9-7-12-23(29)17-21)27(33)19-32(37(2,35)36)26-16-8-11-22-10-3-6-15-25(22)26/h3,6-12,15-17,20,24H,4-5,13-14,18-19H2,1-2H3,(H,30,34)/t20-/m0/s1. The van der Waals surface area contributed by atoms with Gasteiger partial charge in [0, 0.05) is 22.4 Å².